The number of amides is 1. The number of halogens is 3. The molecule has 9 heteroatoms. The number of nitrogens with one attached hydrogen (secondary N) is 1. The number of aryl methyl sites for hydroxylation is 1. The molecule has 1 aliphatic carbocycles. The third-order valence-corrected chi connectivity index (χ3v) is 6.29. The van der Waals surface area contributed by atoms with Gasteiger partial charge in [-0.05, 0) is 48.9 Å². The lowest BCUT2D eigenvalue weighted by Crippen LogP contribution is -2.34. The molecular weight excluding hydrogens is 452 g/mol. The zero-order chi connectivity index (χ0) is 22.3. The lowest BCUT2D eigenvalue weighted by molar-refractivity contribution is -0.120. The lowest BCUT2D eigenvalue weighted by Gasteiger charge is -2.25. The summed E-state index contributed by atoms with van der Waals surface area (Å²) >= 11 is 6.41. The molecule has 0 unspecified atom stereocenters. The fourth-order valence-corrected chi connectivity index (χ4v) is 4.75. The Morgan fingerprint density at radius 3 is 2.75 bits per heavy atom. The van der Waals surface area contributed by atoms with Gasteiger partial charge < -0.3 is 11.1 Å². The van der Waals surface area contributed by atoms with Crippen LogP contribution in [0.25, 0.3) is 22.0 Å². The maximum atomic E-state index is 14.9. The van der Waals surface area contributed by atoms with E-state index in [2.05, 4.69) is 15.4 Å². The first-order valence-corrected chi connectivity index (χ1v) is 11.0. The number of carbonyl (C=O) groups is 1. The first-order chi connectivity index (χ1) is 14.7. The standard InChI is InChI=1S/C23H27ClFN5O.ClH/c1-12(2)22-17-8-14(9-19(25)21(17)29-30(22)3)16-10-20(27-11-18(16)24)28-23(31)13-5-4-6-15(26)7-13;/h8-13,15H,4-7,26H2,1-3H3,(H,27,28,31);1H/t13-,15+;/m0./s1. The third kappa shape index (κ3) is 4.75. The van der Waals surface area contributed by atoms with Crippen molar-refractivity contribution >= 4 is 46.6 Å². The predicted octanol–water partition coefficient (Wildman–Crippen LogP) is 5.43. The van der Waals surface area contributed by atoms with Crippen molar-refractivity contribution in [1.29, 1.82) is 0 Å². The van der Waals surface area contributed by atoms with Crippen LogP contribution in [0.1, 0.15) is 51.1 Å². The van der Waals surface area contributed by atoms with E-state index in [9.17, 15) is 9.18 Å². The van der Waals surface area contributed by atoms with E-state index < -0.39 is 5.82 Å². The predicted molar refractivity (Wildman–Crippen MR) is 129 cm³/mol. The molecule has 0 bridgehead atoms. The number of nitrogens with zero attached hydrogens (tertiary/aromatic N) is 3. The van der Waals surface area contributed by atoms with Crippen LogP contribution < -0.4 is 11.1 Å². The second-order valence-corrected chi connectivity index (χ2v) is 9.09. The van der Waals surface area contributed by atoms with Gasteiger partial charge in [0.05, 0.1) is 5.02 Å². The molecule has 2 heterocycles. The molecule has 4 rings (SSSR count). The Bertz CT molecular complexity index is 1150. The average Bonchev–Trinajstić information content (AvgIpc) is 3.06. The molecule has 1 aliphatic rings. The second kappa shape index (κ2) is 9.73. The van der Waals surface area contributed by atoms with Crippen LogP contribution in [0.4, 0.5) is 10.2 Å². The Labute approximate surface area is 198 Å². The SMILES string of the molecule is CC(C)c1c2cc(-c3cc(NC(=O)[C@H]4CCC[C@@H](N)C4)ncc3Cl)cc(F)c2nn1C.Cl. The monoisotopic (exact) mass is 479 g/mol. The normalized spacial score (nSPS) is 18.6. The van der Waals surface area contributed by atoms with Crippen LogP contribution in [0, 0.1) is 11.7 Å². The van der Waals surface area contributed by atoms with Crippen LogP contribution in [-0.2, 0) is 11.8 Å². The quantitative estimate of drug-likeness (QED) is 0.522. The number of hydrogen-bond donors (Lipinski definition) is 2. The molecule has 1 aromatic carbocycles. The first kappa shape index (κ1) is 24.4. The van der Waals surface area contributed by atoms with Gasteiger partial charge >= 0.3 is 0 Å². The number of nitrogens with two attached hydrogens (primary N) is 1. The third-order valence-electron chi connectivity index (χ3n) is 5.99. The summed E-state index contributed by atoms with van der Waals surface area (Å²) in [7, 11) is 1.82. The molecular formula is C23H28Cl2FN5O. The van der Waals surface area contributed by atoms with E-state index in [1.54, 1.807) is 10.7 Å². The highest BCUT2D eigenvalue weighted by atomic mass is 35.5. The molecule has 1 fully saturated rings. The summed E-state index contributed by atoms with van der Waals surface area (Å²) < 4.78 is 16.6. The summed E-state index contributed by atoms with van der Waals surface area (Å²) in [6, 6.07) is 5.07. The number of aromatic nitrogens is 3. The minimum atomic E-state index is -0.412. The minimum absolute atomic E-state index is 0. The molecule has 6 nitrogen and oxygen atoms in total. The summed E-state index contributed by atoms with van der Waals surface area (Å²) in [5, 5.41) is 8.35. The minimum Gasteiger partial charge on any atom is -0.328 e. The van der Waals surface area contributed by atoms with Gasteiger partial charge in [0, 0.05) is 41.8 Å². The van der Waals surface area contributed by atoms with Crippen LogP contribution in [0.5, 0.6) is 0 Å². The Hall–Kier alpha value is -2.22. The maximum absolute atomic E-state index is 14.9. The molecule has 0 aliphatic heterocycles. The highest BCUT2D eigenvalue weighted by molar-refractivity contribution is 6.33. The van der Waals surface area contributed by atoms with Crippen molar-refractivity contribution in [3.63, 3.8) is 0 Å². The summed E-state index contributed by atoms with van der Waals surface area (Å²) in [4.78, 5) is 16.9. The average molecular weight is 480 g/mol. The van der Waals surface area contributed by atoms with Crippen LogP contribution in [0.3, 0.4) is 0 Å². The number of benzene rings is 1. The van der Waals surface area contributed by atoms with Gasteiger partial charge in [-0.3, -0.25) is 9.48 Å². The molecule has 1 amide bonds. The fraction of sp³-hybridized carbons (Fsp3) is 0.435. The molecule has 2 aromatic heterocycles. The lowest BCUT2D eigenvalue weighted by atomic mass is 9.85. The molecule has 32 heavy (non-hydrogen) atoms. The van der Waals surface area contributed by atoms with Gasteiger partial charge in [0.15, 0.2) is 5.82 Å². The maximum Gasteiger partial charge on any atom is 0.228 e. The van der Waals surface area contributed by atoms with Gasteiger partial charge in [-0.1, -0.05) is 31.9 Å². The first-order valence-electron chi connectivity index (χ1n) is 10.6. The van der Waals surface area contributed by atoms with E-state index in [-0.39, 0.29) is 36.2 Å². The summed E-state index contributed by atoms with van der Waals surface area (Å²) in [6.45, 7) is 4.09. The highest BCUT2D eigenvalue weighted by Crippen LogP contribution is 2.35. The van der Waals surface area contributed by atoms with Crippen molar-refractivity contribution in [2.45, 2.75) is 51.5 Å². The Morgan fingerprint density at radius 2 is 2.06 bits per heavy atom. The summed E-state index contributed by atoms with van der Waals surface area (Å²) in [5.74, 6) is -0.0624. The van der Waals surface area contributed by atoms with Crippen LogP contribution in [-0.4, -0.2) is 26.7 Å². The van der Waals surface area contributed by atoms with Crippen molar-refractivity contribution in [2.75, 3.05) is 5.32 Å². The van der Waals surface area contributed by atoms with Gasteiger partial charge in [-0.15, -0.1) is 12.4 Å². The van der Waals surface area contributed by atoms with Crippen molar-refractivity contribution in [2.24, 2.45) is 18.7 Å². The van der Waals surface area contributed by atoms with Gasteiger partial charge in [0.2, 0.25) is 5.91 Å². The van der Waals surface area contributed by atoms with Gasteiger partial charge in [-0.2, -0.15) is 5.10 Å². The number of anilines is 1. The summed E-state index contributed by atoms with van der Waals surface area (Å²) in [5.41, 5.74) is 8.52. The fourth-order valence-electron chi connectivity index (χ4n) is 4.54. The van der Waals surface area contributed by atoms with E-state index in [0.29, 0.717) is 33.9 Å². The number of carbonyl (C=O) groups excluding carboxylic acids is 1. The molecule has 172 valence electrons. The smallest absolute Gasteiger partial charge is 0.228 e. The topological polar surface area (TPSA) is 85.8 Å². The van der Waals surface area contributed by atoms with Crippen LogP contribution in [0.15, 0.2) is 24.4 Å². The van der Waals surface area contributed by atoms with E-state index in [4.69, 9.17) is 17.3 Å². The van der Waals surface area contributed by atoms with Crippen molar-refractivity contribution in [3.8, 4) is 11.1 Å². The van der Waals surface area contributed by atoms with Gasteiger partial charge in [-0.25, -0.2) is 9.37 Å². The molecule has 0 spiro atoms. The summed E-state index contributed by atoms with van der Waals surface area (Å²) in [6.07, 6.45) is 4.87. The molecule has 2 atom stereocenters. The Balaban J connectivity index is 0.00000289. The molecule has 0 saturated heterocycles. The van der Waals surface area contributed by atoms with Gasteiger partial charge in [0.25, 0.3) is 0 Å². The Morgan fingerprint density at radius 1 is 1.31 bits per heavy atom. The molecule has 1 saturated carbocycles. The zero-order valence-corrected chi connectivity index (χ0v) is 19.9. The van der Waals surface area contributed by atoms with E-state index in [1.165, 1.54) is 12.3 Å². The number of rotatable bonds is 4. The second-order valence-electron chi connectivity index (χ2n) is 8.68. The largest absolute Gasteiger partial charge is 0.328 e. The van der Waals surface area contributed by atoms with Crippen molar-refractivity contribution in [3.05, 3.63) is 40.9 Å². The van der Waals surface area contributed by atoms with Gasteiger partial charge in [0.1, 0.15) is 11.3 Å². The number of fused-ring (bicyclic) bond motifs is 1. The molecule has 3 aromatic rings. The Kier molecular flexibility index (Phi) is 7.43. The molecule has 0 radical (unpaired) electrons. The number of pyridine rings is 1. The van der Waals surface area contributed by atoms with E-state index in [1.807, 2.05) is 27.0 Å². The van der Waals surface area contributed by atoms with Crippen LogP contribution >= 0.6 is 24.0 Å². The van der Waals surface area contributed by atoms with Crippen LogP contribution in [0.2, 0.25) is 5.02 Å². The number of hydrogen-bond acceptors (Lipinski definition) is 4. The highest BCUT2D eigenvalue weighted by Gasteiger charge is 2.26. The van der Waals surface area contributed by atoms with E-state index >= 15 is 0 Å². The van der Waals surface area contributed by atoms with E-state index in [0.717, 1.165) is 30.3 Å². The zero-order valence-electron chi connectivity index (χ0n) is 18.4. The van der Waals surface area contributed by atoms with Crippen molar-refractivity contribution in [1.82, 2.24) is 14.8 Å². The molecule has 3 N–H and O–H groups in total. The van der Waals surface area contributed by atoms with Crippen molar-refractivity contribution < 1.29 is 9.18 Å².